The Kier molecular flexibility index (Phi) is 5.93. The molecule has 2 unspecified atom stereocenters. The predicted molar refractivity (Wildman–Crippen MR) is 75.9 cm³/mol. The van der Waals surface area contributed by atoms with Crippen LogP contribution in [-0.2, 0) is 4.74 Å². The van der Waals surface area contributed by atoms with Crippen molar-refractivity contribution in [3.05, 3.63) is 0 Å². The molecular formula is C15H30N2O. The molecular weight excluding hydrogens is 224 g/mol. The highest BCUT2D eigenvalue weighted by Crippen LogP contribution is 2.30. The molecule has 0 aromatic rings. The van der Waals surface area contributed by atoms with Gasteiger partial charge in [0.15, 0.2) is 0 Å². The Morgan fingerprint density at radius 2 is 1.89 bits per heavy atom. The van der Waals surface area contributed by atoms with Gasteiger partial charge in [0.25, 0.3) is 0 Å². The maximum absolute atomic E-state index is 5.26. The van der Waals surface area contributed by atoms with Gasteiger partial charge in [0.05, 0.1) is 6.61 Å². The minimum atomic E-state index is 0.733. The number of hydrogen-bond donors (Lipinski definition) is 1. The van der Waals surface area contributed by atoms with E-state index in [1.807, 2.05) is 7.11 Å². The lowest BCUT2D eigenvalue weighted by Gasteiger charge is -2.31. The fourth-order valence-electron chi connectivity index (χ4n) is 3.36. The van der Waals surface area contributed by atoms with Crippen LogP contribution in [0.5, 0.6) is 0 Å². The molecule has 0 aromatic heterocycles. The fourth-order valence-corrected chi connectivity index (χ4v) is 3.36. The van der Waals surface area contributed by atoms with E-state index in [1.54, 1.807) is 0 Å². The summed E-state index contributed by atoms with van der Waals surface area (Å²) in [5.74, 6) is 0.843. The van der Waals surface area contributed by atoms with Gasteiger partial charge in [-0.05, 0) is 38.6 Å². The minimum absolute atomic E-state index is 0.733. The largest absolute Gasteiger partial charge is 0.383 e. The van der Waals surface area contributed by atoms with Crippen LogP contribution in [0.1, 0.15) is 44.9 Å². The Labute approximate surface area is 112 Å². The van der Waals surface area contributed by atoms with Crippen LogP contribution in [0.4, 0.5) is 0 Å². The molecule has 0 saturated heterocycles. The van der Waals surface area contributed by atoms with E-state index in [-0.39, 0.29) is 0 Å². The highest BCUT2D eigenvalue weighted by molar-refractivity contribution is 4.88. The Bertz CT molecular complexity index is 231. The maximum atomic E-state index is 5.26. The average molecular weight is 254 g/mol. The third kappa shape index (κ3) is 4.22. The Hall–Kier alpha value is -0.120. The molecule has 2 saturated carbocycles. The van der Waals surface area contributed by atoms with Gasteiger partial charge in [-0.25, -0.2) is 0 Å². The van der Waals surface area contributed by atoms with Crippen molar-refractivity contribution in [2.24, 2.45) is 5.92 Å². The SMILES string of the molecule is CNC1CCCCCC1CN(CCOC)C1CC1. The van der Waals surface area contributed by atoms with Crippen LogP contribution in [-0.4, -0.2) is 50.8 Å². The van der Waals surface area contributed by atoms with E-state index in [9.17, 15) is 0 Å². The zero-order valence-corrected chi connectivity index (χ0v) is 12.2. The quantitative estimate of drug-likeness (QED) is 0.705. The second-order valence-corrected chi connectivity index (χ2v) is 6.01. The summed E-state index contributed by atoms with van der Waals surface area (Å²) < 4.78 is 5.26. The molecule has 2 aliphatic carbocycles. The van der Waals surface area contributed by atoms with Crippen LogP contribution in [0.3, 0.4) is 0 Å². The summed E-state index contributed by atoms with van der Waals surface area (Å²) in [6.45, 7) is 3.28. The minimum Gasteiger partial charge on any atom is -0.383 e. The smallest absolute Gasteiger partial charge is 0.0589 e. The van der Waals surface area contributed by atoms with Crippen LogP contribution in [0.25, 0.3) is 0 Å². The van der Waals surface area contributed by atoms with Crippen LogP contribution < -0.4 is 5.32 Å². The molecule has 0 aliphatic heterocycles. The number of hydrogen-bond acceptors (Lipinski definition) is 3. The first-order valence-electron chi connectivity index (χ1n) is 7.75. The zero-order valence-electron chi connectivity index (χ0n) is 12.2. The molecule has 18 heavy (non-hydrogen) atoms. The maximum Gasteiger partial charge on any atom is 0.0589 e. The van der Waals surface area contributed by atoms with Gasteiger partial charge in [0.2, 0.25) is 0 Å². The molecule has 0 spiro atoms. The molecule has 2 atom stereocenters. The second kappa shape index (κ2) is 7.46. The lowest BCUT2D eigenvalue weighted by atomic mass is 9.94. The number of rotatable bonds is 7. The van der Waals surface area contributed by atoms with Gasteiger partial charge in [0, 0.05) is 32.3 Å². The van der Waals surface area contributed by atoms with Crippen molar-refractivity contribution in [2.45, 2.75) is 57.0 Å². The molecule has 0 aromatic carbocycles. The number of ether oxygens (including phenoxy) is 1. The van der Waals surface area contributed by atoms with Crippen LogP contribution >= 0.6 is 0 Å². The van der Waals surface area contributed by atoms with Crippen molar-refractivity contribution in [3.8, 4) is 0 Å². The van der Waals surface area contributed by atoms with Crippen molar-refractivity contribution in [2.75, 3.05) is 33.9 Å². The van der Waals surface area contributed by atoms with Gasteiger partial charge in [-0.1, -0.05) is 19.3 Å². The van der Waals surface area contributed by atoms with Gasteiger partial charge >= 0.3 is 0 Å². The van der Waals surface area contributed by atoms with E-state index in [0.29, 0.717) is 0 Å². The normalized spacial score (nSPS) is 29.5. The summed E-state index contributed by atoms with van der Waals surface area (Å²) in [4.78, 5) is 2.68. The molecule has 1 N–H and O–H groups in total. The Morgan fingerprint density at radius 1 is 1.11 bits per heavy atom. The second-order valence-electron chi connectivity index (χ2n) is 6.01. The first kappa shape index (κ1) is 14.3. The first-order chi connectivity index (χ1) is 8.85. The average Bonchev–Trinajstić information content (AvgIpc) is 3.21. The Morgan fingerprint density at radius 3 is 2.56 bits per heavy atom. The number of nitrogens with zero attached hydrogens (tertiary/aromatic N) is 1. The number of methoxy groups -OCH3 is 1. The van der Waals surface area contributed by atoms with Gasteiger partial charge in [-0.2, -0.15) is 0 Å². The van der Waals surface area contributed by atoms with E-state index in [4.69, 9.17) is 4.74 Å². The van der Waals surface area contributed by atoms with E-state index < -0.39 is 0 Å². The van der Waals surface area contributed by atoms with Crippen LogP contribution in [0.2, 0.25) is 0 Å². The molecule has 106 valence electrons. The fraction of sp³-hybridized carbons (Fsp3) is 1.00. The lowest BCUT2D eigenvalue weighted by molar-refractivity contribution is 0.123. The molecule has 0 bridgehead atoms. The zero-order chi connectivity index (χ0) is 12.8. The van der Waals surface area contributed by atoms with Crippen LogP contribution in [0, 0.1) is 5.92 Å². The Balaban J connectivity index is 1.86. The van der Waals surface area contributed by atoms with E-state index in [2.05, 4.69) is 17.3 Å². The van der Waals surface area contributed by atoms with Crippen molar-refractivity contribution in [1.82, 2.24) is 10.2 Å². The molecule has 3 heteroatoms. The van der Waals surface area contributed by atoms with Crippen LogP contribution in [0.15, 0.2) is 0 Å². The summed E-state index contributed by atoms with van der Waals surface area (Å²) >= 11 is 0. The van der Waals surface area contributed by atoms with Gasteiger partial charge in [-0.15, -0.1) is 0 Å². The summed E-state index contributed by atoms with van der Waals surface area (Å²) in [5.41, 5.74) is 0. The summed E-state index contributed by atoms with van der Waals surface area (Å²) in [6.07, 6.45) is 9.83. The predicted octanol–water partition coefficient (Wildman–Crippen LogP) is 2.27. The topological polar surface area (TPSA) is 24.5 Å². The highest BCUT2D eigenvalue weighted by Gasteiger charge is 2.32. The molecule has 2 aliphatic rings. The third-order valence-electron chi connectivity index (χ3n) is 4.64. The summed E-state index contributed by atoms with van der Waals surface area (Å²) in [7, 11) is 3.95. The number of nitrogens with one attached hydrogen (secondary N) is 1. The summed E-state index contributed by atoms with van der Waals surface area (Å²) in [6, 6.07) is 1.59. The third-order valence-corrected chi connectivity index (χ3v) is 4.64. The van der Waals surface area contributed by atoms with E-state index >= 15 is 0 Å². The molecule has 0 amide bonds. The van der Waals surface area contributed by atoms with E-state index in [1.165, 1.54) is 51.5 Å². The van der Waals surface area contributed by atoms with Crippen molar-refractivity contribution in [3.63, 3.8) is 0 Å². The van der Waals surface area contributed by atoms with Crippen molar-refractivity contribution in [1.29, 1.82) is 0 Å². The standard InChI is InChI=1S/C15H30N2O/c1-16-15-7-5-3-4-6-13(15)12-17(10-11-18-2)14-8-9-14/h13-16H,3-12H2,1-2H3. The van der Waals surface area contributed by atoms with E-state index in [0.717, 1.165) is 31.2 Å². The molecule has 0 radical (unpaired) electrons. The highest BCUT2D eigenvalue weighted by atomic mass is 16.5. The first-order valence-corrected chi connectivity index (χ1v) is 7.75. The molecule has 3 nitrogen and oxygen atoms in total. The van der Waals surface area contributed by atoms with Gasteiger partial charge < -0.3 is 10.1 Å². The van der Waals surface area contributed by atoms with Gasteiger partial charge in [0.1, 0.15) is 0 Å². The lowest BCUT2D eigenvalue weighted by Crippen LogP contribution is -2.42. The summed E-state index contributed by atoms with van der Waals surface area (Å²) in [5, 5.41) is 3.56. The molecule has 0 heterocycles. The monoisotopic (exact) mass is 254 g/mol. The van der Waals surface area contributed by atoms with Crippen molar-refractivity contribution >= 4 is 0 Å². The van der Waals surface area contributed by atoms with Gasteiger partial charge in [-0.3, -0.25) is 4.90 Å². The molecule has 2 rings (SSSR count). The van der Waals surface area contributed by atoms with Crippen molar-refractivity contribution < 1.29 is 4.74 Å². The molecule has 2 fully saturated rings.